The van der Waals surface area contributed by atoms with Gasteiger partial charge in [-0.25, -0.2) is 13.2 Å². The van der Waals surface area contributed by atoms with Crippen molar-refractivity contribution in [3.8, 4) is 0 Å². The van der Waals surface area contributed by atoms with Gasteiger partial charge in [0, 0.05) is 23.7 Å². The van der Waals surface area contributed by atoms with Gasteiger partial charge in [-0.3, -0.25) is 0 Å². The number of hydrogen-bond donors (Lipinski definition) is 1. The van der Waals surface area contributed by atoms with Gasteiger partial charge in [0.15, 0.2) is 0 Å². The lowest BCUT2D eigenvalue weighted by atomic mass is 10.2. The number of hydrogen-bond acceptors (Lipinski definition) is 2. The third-order valence-electron chi connectivity index (χ3n) is 1.99. The molecule has 0 aliphatic heterocycles. The molecule has 6 heteroatoms. The molecular formula is C11H13ClF3NO. The summed E-state index contributed by atoms with van der Waals surface area (Å²) < 4.78 is 41.3. The molecule has 0 bridgehead atoms. The lowest BCUT2D eigenvalue weighted by Gasteiger charge is -2.07. The summed E-state index contributed by atoms with van der Waals surface area (Å²) in [5.41, 5.74) is 0.436. The molecule has 0 aliphatic carbocycles. The highest BCUT2D eigenvalue weighted by Gasteiger charge is 2.03. The van der Waals surface area contributed by atoms with Gasteiger partial charge in [0.05, 0.1) is 6.61 Å². The Kier molecular flexibility index (Phi) is 6.32. The van der Waals surface area contributed by atoms with E-state index in [0.29, 0.717) is 17.1 Å². The van der Waals surface area contributed by atoms with Gasteiger partial charge < -0.3 is 10.1 Å². The molecular weight excluding hydrogens is 255 g/mol. The lowest BCUT2D eigenvalue weighted by Crippen LogP contribution is -2.21. The molecule has 96 valence electrons. The Labute approximate surface area is 103 Å². The maximum atomic E-state index is 13.2. The van der Waals surface area contributed by atoms with Crippen LogP contribution in [0.5, 0.6) is 0 Å². The number of nitrogens with one attached hydrogen (secondary N) is 1. The number of benzene rings is 1. The summed E-state index contributed by atoms with van der Waals surface area (Å²) in [6.45, 7) is 0.239. The van der Waals surface area contributed by atoms with Crippen LogP contribution in [0.3, 0.4) is 0 Å². The molecule has 0 radical (unpaired) electrons. The van der Waals surface area contributed by atoms with Crippen molar-refractivity contribution >= 4 is 11.6 Å². The van der Waals surface area contributed by atoms with Crippen molar-refractivity contribution in [2.45, 2.75) is 13.0 Å². The van der Waals surface area contributed by atoms with Gasteiger partial charge in [0.25, 0.3) is 6.43 Å². The van der Waals surface area contributed by atoms with Crippen LogP contribution in [0.1, 0.15) is 5.56 Å². The van der Waals surface area contributed by atoms with Crippen molar-refractivity contribution < 1.29 is 17.9 Å². The monoisotopic (exact) mass is 267 g/mol. The second kappa shape index (κ2) is 7.53. The van der Waals surface area contributed by atoms with Crippen LogP contribution < -0.4 is 5.32 Å². The fourth-order valence-electron chi connectivity index (χ4n) is 1.22. The summed E-state index contributed by atoms with van der Waals surface area (Å²) in [5, 5.41) is 3.33. The maximum Gasteiger partial charge on any atom is 0.261 e. The van der Waals surface area contributed by atoms with Crippen LogP contribution in [0.15, 0.2) is 18.2 Å². The smallest absolute Gasteiger partial charge is 0.261 e. The van der Waals surface area contributed by atoms with E-state index < -0.39 is 13.0 Å². The summed E-state index contributed by atoms with van der Waals surface area (Å²) in [6.07, 6.45) is -2.46. The van der Waals surface area contributed by atoms with Gasteiger partial charge in [0.2, 0.25) is 0 Å². The lowest BCUT2D eigenvalue weighted by molar-refractivity contribution is 0.0187. The largest absolute Gasteiger partial charge is 0.374 e. The van der Waals surface area contributed by atoms with E-state index in [0.717, 1.165) is 0 Å². The molecule has 0 atom stereocenters. The highest BCUT2D eigenvalue weighted by molar-refractivity contribution is 6.30. The number of halogens is 4. The summed E-state index contributed by atoms with van der Waals surface area (Å²) in [7, 11) is 0. The minimum absolute atomic E-state index is 0.159. The average molecular weight is 268 g/mol. The van der Waals surface area contributed by atoms with Crippen molar-refractivity contribution in [1.82, 2.24) is 5.32 Å². The van der Waals surface area contributed by atoms with E-state index in [1.54, 1.807) is 0 Å². The zero-order chi connectivity index (χ0) is 12.7. The molecule has 1 aromatic rings. The van der Waals surface area contributed by atoms with Crippen LogP contribution in [-0.2, 0) is 11.3 Å². The van der Waals surface area contributed by atoms with Crippen LogP contribution in [0.4, 0.5) is 13.2 Å². The van der Waals surface area contributed by atoms with Crippen LogP contribution in [0.25, 0.3) is 0 Å². The molecule has 0 fully saturated rings. The average Bonchev–Trinajstić information content (AvgIpc) is 2.27. The van der Waals surface area contributed by atoms with Gasteiger partial charge >= 0.3 is 0 Å². The third-order valence-corrected chi connectivity index (χ3v) is 2.23. The standard InChI is InChI=1S/C11H13ClF3NO/c12-9-1-2-10(13)8(5-9)6-16-3-4-17-7-11(14)15/h1-2,5,11,16H,3-4,6-7H2. The van der Waals surface area contributed by atoms with Crippen molar-refractivity contribution in [2.75, 3.05) is 19.8 Å². The Morgan fingerprint density at radius 3 is 2.82 bits per heavy atom. The maximum absolute atomic E-state index is 13.2. The molecule has 0 unspecified atom stereocenters. The molecule has 17 heavy (non-hydrogen) atoms. The summed E-state index contributed by atoms with van der Waals surface area (Å²) >= 11 is 5.71. The fraction of sp³-hybridized carbons (Fsp3) is 0.455. The first-order chi connectivity index (χ1) is 8.09. The second-order valence-electron chi connectivity index (χ2n) is 3.38. The Morgan fingerprint density at radius 2 is 2.12 bits per heavy atom. The minimum atomic E-state index is -2.46. The predicted molar refractivity (Wildman–Crippen MR) is 59.9 cm³/mol. The van der Waals surface area contributed by atoms with Crippen LogP contribution in [0, 0.1) is 5.82 Å². The Bertz CT molecular complexity index is 349. The molecule has 1 rings (SSSR count). The molecule has 0 spiro atoms. The highest BCUT2D eigenvalue weighted by Crippen LogP contribution is 2.14. The zero-order valence-corrected chi connectivity index (χ0v) is 9.81. The SMILES string of the molecule is Fc1ccc(Cl)cc1CNCCOCC(F)F. The molecule has 0 aliphatic rings. The van der Waals surface area contributed by atoms with Gasteiger partial charge in [-0.2, -0.15) is 0 Å². The van der Waals surface area contributed by atoms with E-state index in [1.807, 2.05) is 0 Å². The first-order valence-corrected chi connectivity index (χ1v) is 5.48. The first-order valence-electron chi connectivity index (χ1n) is 5.10. The summed E-state index contributed by atoms with van der Waals surface area (Å²) in [6, 6.07) is 4.27. The van der Waals surface area contributed by atoms with Crippen LogP contribution >= 0.6 is 11.6 Å². The number of ether oxygens (including phenoxy) is 1. The molecule has 1 N–H and O–H groups in total. The van der Waals surface area contributed by atoms with Crippen molar-refractivity contribution in [2.24, 2.45) is 0 Å². The molecule has 0 amide bonds. The second-order valence-corrected chi connectivity index (χ2v) is 3.81. The molecule has 0 aromatic heterocycles. The summed E-state index contributed by atoms with van der Waals surface area (Å²) in [5.74, 6) is -0.351. The van der Waals surface area contributed by atoms with Crippen molar-refractivity contribution in [3.63, 3.8) is 0 Å². The summed E-state index contributed by atoms with van der Waals surface area (Å²) in [4.78, 5) is 0. The topological polar surface area (TPSA) is 21.3 Å². The van der Waals surface area contributed by atoms with Crippen molar-refractivity contribution in [1.29, 1.82) is 0 Å². The molecule has 0 saturated heterocycles. The van der Waals surface area contributed by atoms with E-state index in [9.17, 15) is 13.2 Å². The zero-order valence-electron chi connectivity index (χ0n) is 9.06. The van der Waals surface area contributed by atoms with E-state index in [2.05, 4.69) is 10.1 Å². The van der Waals surface area contributed by atoms with E-state index in [4.69, 9.17) is 11.6 Å². The number of alkyl halides is 2. The van der Waals surface area contributed by atoms with Crippen LogP contribution in [0.2, 0.25) is 5.02 Å². The Morgan fingerprint density at radius 1 is 1.35 bits per heavy atom. The minimum Gasteiger partial charge on any atom is -0.374 e. The molecule has 0 saturated carbocycles. The number of rotatable bonds is 7. The van der Waals surface area contributed by atoms with E-state index in [-0.39, 0.29) is 19.0 Å². The molecule has 0 heterocycles. The van der Waals surface area contributed by atoms with Gasteiger partial charge in [-0.15, -0.1) is 0 Å². The van der Waals surface area contributed by atoms with Gasteiger partial charge in [-0.1, -0.05) is 11.6 Å². The van der Waals surface area contributed by atoms with Crippen LogP contribution in [-0.4, -0.2) is 26.2 Å². The van der Waals surface area contributed by atoms with Crippen molar-refractivity contribution in [3.05, 3.63) is 34.6 Å². The predicted octanol–water partition coefficient (Wildman–Crippen LogP) is 2.85. The highest BCUT2D eigenvalue weighted by atomic mass is 35.5. The Balaban J connectivity index is 2.20. The normalized spacial score (nSPS) is 11.1. The van der Waals surface area contributed by atoms with E-state index >= 15 is 0 Å². The Hall–Kier alpha value is -0.780. The third kappa shape index (κ3) is 5.91. The van der Waals surface area contributed by atoms with Gasteiger partial charge in [-0.05, 0) is 18.2 Å². The first kappa shape index (κ1) is 14.3. The fourth-order valence-corrected chi connectivity index (χ4v) is 1.41. The molecule has 1 aromatic carbocycles. The molecule has 2 nitrogen and oxygen atoms in total. The van der Waals surface area contributed by atoms with E-state index in [1.165, 1.54) is 18.2 Å². The quantitative estimate of drug-likeness (QED) is 0.767. The van der Waals surface area contributed by atoms with Gasteiger partial charge in [0.1, 0.15) is 12.4 Å².